The first-order valence-electron chi connectivity index (χ1n) is 7.21. The highest BCUT2D eigenvalue weighted by Gasteiger charge is 2.45. The van der Waals surface area contributed by atoms with Gasteiger partial charge in [0.15, 0.2) is 10.7 Å². The van der Waals surface area contributed by atoms with Crippen LogP contribution in [0.4, 0.5) is 0 Å². The van der Waals surface area contributed by atoms with Crippen molar-refractivity contribution in [3.05, 3.63) is 73.5 Å². The van der Waals surface area contributed by atoms with E-state index in [0.717, 1.165) is 5.56 Å². The fourth-order valence-electron chi connectivity index (χ4n) is 2.08. The summed E-state index contributed by atoms with van der Waals surface area (Å²) >= 11 is 1.45. The van der Waals surface area contributed by atoms with Gasteiger partial charge in [0.1, 0.15) is 0 Å². The molecule has 1 amide bonds. The van der Waals surface area contributed by atoms with Crippen molar-refractivity contribution < 1.29 is 4.79 Å². The summed E-state index contributed by atoms with van der Waals surface area (Å²) in [6, 6.07) is 9.63. The first kappa shape index (κ1) is 18.8. The van der Waals surface area contributed by atoms with Crippen molar-refractivity contribution in [2.24, 2.45) is 4.99 Å². The van der Waals surface area contributed by atoms with Crippen LogP contribution in [0.15, 0.2) is 72.9 Å². The van der Waals surface area contributed by atoms with Crippen LogP contribution in [0.3, 0.4) is 0 Å². The summed E-state index contributed by atoms with van der Waals surface area (Å²) in [5.74, 6) is -0.0804. The topological polar surface area (TPSA) is 44.7 Å². The second kappa shape index (κ2) is 9.00. The molecule has 0 aliphatic carbocycles. The van der Waals surface area contributed by atoms with Crippen molar-refractivity contribution in [3.8, 4) is 0 Å². The third-order valence-corrected chi connectivity index (χ3v) is 3.89. The van der Waals surface area contributed by atoms with Gasteiger partial charge in [0.05, 0.1) is 0 Å². The second-order valence-corrected chi connectivity index (χ2v) is 5.46. The van der Waals surface area contributed by atoms with Crippen molar-refractivity contribution in [2.45, 2.75) is 19.4 Å². The Hall–Kier alpha value is -2.27. The summed E-state index contributed by atoms with van der Waals surface area (Å²) in [4.78, 5) is 17.4. The Morgan fingerprint density at radius 2 is 1.91 bits per heavy atom. The molecule has 0 fully saturated rings. The number of amides is 1. The van der Waals surface area contributed by atoms with Crippen LogP contribution in [0, 0.1) is 0 Å². The van der Waals surface area contributed by atoms with Crippen molar-refractivity contribution in [1.82, 2.24) is 10.4 Å². The monoisotopic (exact) mass is 329 g/mol. The molecule has 1 unspecified atom stereocenters. The van der Waals surface area contributed by atoms with Crippen LogP contribution in [0.5, 0.6) is 0 Å². The highest BCUT2D eigenvalue weighted by Crippen LogP contribution is 2.34. The molecule has 1 heterocycles. The molecule has 1 aliphatic heterocycles. The van der Waals surface area contributed by atoms with E-state index in [1.807, 2.05) is 68.7 Å². The van der Waals surface area contributed by atoms with E-state index in [0.29, 0.717) is 5.17 Å². The summed E-state index contributed by atoms with van der Waals surface area (Å²) in [5.41, 5.74) is 3.01. The molecule has 1 atom stereocenters. The third-order valence-electron chi connectivity index (χ3n) is 3.25. The van der Waals surface area contributed by atoms with Gasteiger partial charge in [-0.2, -0.15) is 5.01 Å². The normalized spacial score (nSPS) is 20.6. The van der Waals surface area contributed by atoms with Gasteiger partial charge >= 0.3 is 0 Å². The van der Waals surface area contributed by atoms with Gasteiger partial charge in [0.25, 0.3) is 5.91 Å². The number of allylic oxidation sites excluding steroid dienone is 3. The van der Waals surface area contributed by atoms with Gasteiger partial charge in [-0.05, 0) is 31.7 Å². The second-order valence-electron chi connectivity index (χ2n) is 4.69. The summed E-state index contributed by atoms with van der Waals surface area (Å²) < 4.78 is 0. The van der Waals surface area contributed by atoms with E-state index < -0.39 is 5.54 Å². The molecule has 2 rings (SSSR count). The zero-order valence-electron chi connectivity index (χ0n) is 13.8. The Morgan fingerprint density at radius 1 is 1.26 bits per heavy atom. The quantitative estimate of drug-likeness (QED) is 0.674. The summed E-state index contributed by atoms with van der Waals surface area (Å²) in [6.07, 6.45) is 9.28. The molecule has 0 bridgehead atoms. The molecule has 0 saturated carbocycles. The Labute approximate surface area is 142 Å². The zero-order valence-corrected chi connectivity index (χ0v) is 14.6. The lowest BCUT2D eigenvalue weighted by Gasteiger charge is -2.22. The predicted molar refractivity (Wildman–Crippen MR) is 99.9 cm³/mol. The van der Waals surface area contributed by atoms with Crippen LogP contribution < -0.4 is 5.43 Å². The van der Waals surface area contributed by atoms with Gasteiger partial charge in [-0.3, -0.25) is 10.2 Å². The van der Waals surface area contributed by atoms with E-state index in [-0.39, 0.29) is 5.91 Å². The molecule has 23 heavy (non-hydrogen) atoms. The highest BCUT2D eigenvalue weighted by molar-refractivity contribution is 8.13. The number of hydrogen-bond donors (Lipinski definition) is 1. The Morgan fingerprint density at radius 3 is 2.48 bits per heavy atom. The number of hydrazine groups is 1. The SMILES string of the molecule is C/C=C\C=C/NN1C(=O)C(C)(c2ccccc2)N=C1SC.C=C. The van der Waals surface area contributed by atoms with Gasteiger partial charge in [0.2, 0.25) is 0 Å². The van der Waals surface area contributed by atoms with Crippen LogP contribution in [0.2, 0.25) is 0 Å². The maximum Gasteiger partial charge on any atom is 0.279 e. The van der Waals surface area contributed by atoms with Gasteiger partial charge < -0.3 is 0 Å². The van der Waals surface area contributed by atoms with Crippen molar-refractivity contribution in [2.75, 3.05) is 6.26 Å². The molecule has 4 nitrogen and oxygen atoms in total. The minimum atomic E-state index is -0.874. The van der Waals surface area contributed by atoms with Crippen molar-refractivity contribution in [1.29, 1.82) is 0 Å². The molecule has 122 valence electrons. The summed E-state index contributed by atoms with van der Waals surface area (Å²) in [6.45, 7) is 9.78. The van der Waals surface area contributed by atoms with Gasteiger partial charge in [0, 0.05) is 6.20 Å². The number of nitrogens with zero attached hydrogens (tertiary/aromatic N) is 2. The lowest BCUT2D eigenvalue weighted by Crippen LogP contribution is -2.44. The fourth-order valence-corrected chi connectivity index (χ4v) is 2.67. The van der Waals surface area contributed by atoms with Crippen LogP contribution in [-0.2, 0) is 10.3 Å². The largest absolute Gasteiger partial charge is 0.297 e. The molecular formula is C18H23N3OS. The number of nitrogens with one attached hydrogen (secondary N) is 1. The van der Waals surface area contributed by atoms with Gasteiger partial charge in [-0.1, -0.05) is 54.2 Å². The van der Waals surface area contributed by atoms with E-state index in [1.165, 1.54) is 16.8 Å². The molecule has 1 aromatic carbocycles. The molecular weight excluding hydrogens is 306 g/mol. The lowest BCUT2D eigenvalue weighted by molar-refractivity contribution is -0.132. The number of thioether (sulfide) groups is 1. The zero-order chi connectivity index (χ0) is 17.3. The maximum absolute atomic E-state index is 12.7. The molecule has 0 saturated heterocycles. The molecule has 1 aromatic rings. The number of rotatable bonds is 4. The number of amidine groups is 1. The molecule has 0 aromatic heterocycles. The smallest absolute Gasteiger partial charge is 0.279 e. The molecule has 1 N–H and O–H groups in total. The summed E-state index contributed by atoms with van der Waals surface area (Å²) in [5, 5.41) is 2.16. The van der Waals surface area contributed by atoms with Crippen LogP contribution in [0.25, 0.3) is 0 Å². The first-order valence-corrected chi connectivity index (χ1v) is 8.44. The van der Waals surface area contributed by atoms with E-state index in [9.17, 15) is 4.79 Å². The standard InChI is InChI=1S/C16H19N3OS.C2H4/c1-4-5-9-12-17-19-14(20)16(2,18-15(19)21-3)13-10-7-6-8-11-13;1-2/h4-12,17H,1-3H3;1-2H2/b5-4-,12-9-;. The lowest BCUT2D eigenvalue weighted by atomic mass is 9.93. The minimum Gasteiger partial charge on any atom is -0.297 e. The predicted octanol–water partition coefficient (Wildman–Crippen LogP) is 3.86. The highest BCUT2D eigenvalue weighted by atomic mass is 32.2. The van der Waals surface area contributed by atoms with Crippen LogP contribution >= 0.6 is 11.8 Å². The van der Waals surface area contributed by atoms with Crippen LogP contribution in [0.1, 0.15) is 19.4 Å². The number of benzene rings is 1. The number of hydrogen-bond acceptors (Lipinski definition) is 4. The van der Waals surface area contributed by atoms with E-state index in [1.54, 1.807) is 6.20 Å². The van der Waals surface area contributed by atoms with Gasteiger partial charge in [-0.15, -0.1) is 13.2 Å². The average Bonchev–Trinajstić information content (AvgIpc) is 2.86. The summed E-state index contributed by atoms with van der Waals surface area (Å²) in [7, 11) is 0. The molecule has 0 spiro atoms. The minimum absolute atomic E-state index is 0.0804. The van der Waals surface area contributed by atoms with Crippen LogP contribution in [-0.4, -0.2) is 22.3 Å². The Bertz CT molecular complexity index is 610. The fraction of sp³-hybridized carbons (Fsp3) is 0.222. The van der Waals surface area contributed by atoms with E-state index in [4.69, 9.17) is 0 Å². The van der Waals surface area contributed by atoms with Crippen molar-refractivity contribution in [3.63, 3.8) is 0 Å². The van der Waals surface area contributed by atoms with E-state index in [2.05, 4.69) is 23.6 Å². The van der Waals surface area contributed by atoms with E-state index >= 15 is 0 Å². The molecule has 0 radical (unpaired) electrons. The maximum atomic E-state index is 12.7. The number of carbonyl (C=O) groups excluding carboxylic acids is 1. The molecule has 1 aliphatic rings. The Balaban J connectivity index is 0.00000127. The number of aliphatic imine (C=N–C) groups is 1. The van der Waals surface area contributed by atoms with Crippen molar-refractivity contribution >= 4 is 22.8 Å². The third kappa shape index (κ3) is 4.13. The molecule has 5 heteroatoms. The Kier molecular flexibility index (Phi) is 7.35. The first-order chi connectivity index (χ1) is 11.1. The average molecular weight is 329 g/mol. The number of carbonyl (C=O) groups is 1. The van der Waals surface area contributed by atoms with Gasteiger partial charge in [-0.25, -0.2) is 4.99 Å².